The van der Waals surface area contributed by atoms with Gasteiger partial charge in [-0.25, -0.2) is 14.5 Å². The van der Waals surface area contributed by atoms with E-state index >= 15 is 0 Å². The predicted molar refractivity (Wildman–Crippen MR) is 113 cm³/mol. The van der Waals surface area contributed by atoms with Gasteiger partial charge in [0.25, 0.3) is 5.91 Å². The molecule has 0 spiro atoms. The third kappa shape index (κ3) is 5.76. The number of ether oxygens (including phenoxy) is 1. The molecule has 1 atom stereocenters. The Morgan fingerprint density at radius 3 is 2.33 bits per heavy atom. The average Bonchev–Trinajstić information content (AvgIpc) is 3.27. The van der Waals surface area contributed by atoms with E-state index in [2.05, 4.69) is 41.4 Å². The number of carbonyl (C=O) groups is 2. The number of hydrogen-bond donors (Lipinski definition) is 1. The monoisotopic (exact) mass is 406 g/mol. The van der Waals surface area contributed by atoms with Crippen LogP contribution < -0.4 is 5.32 Å². The summed E-state index contributed by atoms with van der Waals surface area (Å²) in [5, 5.41) is 6.88. The van der Waals surface area contributed by atoms with E-state index in [1.165, 1.54) is 11.9 Å². The van der Waals surface area contributed by atoms with Gasteiger partial charge in [0, 0.05) is 0 Å². The molecule has 156 valence electrons. The maximum absolute atomic E-state index is 12.2. The molecule has 1 N–H and O–H groups in total. The molecule has 2 aromatic carbocycles. The fourth-order valence-corrected chi connectivity index (χ4v) is 3.09. The van der Waals surface area contributed by atoms with E-state index in [1.807, 2.05) is 19.1 Å². The highest BCUT2D eigenvalue weighted by molar-refractivity contribution is 5.91. The highest BCUT2D eigenvalue weighted by Crippen LogP contribution is 2.15. The van der Waals surface area contributed by atoms with Gasteiger partial charge in [-0.2, -0.15) is 5.10 Å². The lowest BCUT2D eigenvalue weighted by atomic mass is 10.00. The normalized spacial score (nSPS) is 11.9. The van der Waals surface area contributed by atoms with Crippen molar-refractivity contribution in [2.24, 2.45) is 5.92 Å². The smallest absolute Gasteiger partial charge is 0.338 e. The fraction of sp³-hybridized carbons (Fsp3) is 0.304. The first-order valence-corrected chi connectivity index (χ1v) is 9.92. The Labute approximate surface area is 176 Å². The molecule has 7 heteroatoms. The number of nitrogens with zero attached hydrogens (tertiary/aromatic N) is 3. The standard InChI is InChI=1S/C23H26N4O3/c1-16(2)12-18-4-6-19(7-5-18)17(3)26-22(28)13-30-23(29)20-8-10-21(11-9-20)27-15-24-14-25-27/h4-11,14-17H,12-13H2,1-3H3,(H,26,28)/t17-/m0/s1. The Hall–Kier alpha value is -3.48. The van der Waals surface area contributed by atoms with Crippen molar-refractivity contribution >= 4 is 11.9 Å². The zero-order chi connectivity index (χ0) is 21.5. The number of amides is 1. The molecule has 0 aliphatic rings. The summed E-state index contributed by atoms with van der Waals surface area (Å²) in [7, 11) is 0. The molecular formula is C23H26N4O3. The van der Waals surface area contributed by atoms with Gasteiger partial charge in [0.2, 0.25) is 0 Å². The Morgan fingerprint density at radius 1 is 1.03 bits per heavy atom. The maximum Gasteiger partial charge on any atom is 0.338 e. The second kappa shape index (κ2) is 9.82. The highest BCUT2D eigenvalue weighted by Gasteiger charge is 2.13. The number of nitrogens with one attached hydrogen (secondary N) is 1. The third-order valence-electron chi connectivity index (χ3n) is 4.62. The van der Waals surface area contributed by atoms with Crippen LogP contribution in [0.1, 0.15) is 48.3 Å². The van der Waals surface area contributed by atoms with Crippen molar-refractivity contribution in [2.75, 3.05) is 6.61 Å². The summed E-state index contributed by atoms with van der Waals surface area (Å²) in [5.41, 5.74) is 3.41. The average molecular weight is 406 g/mol. The van der Waals surface area contributed by atoms with Crippen LogP contribution in [0.25, 0.3) is 5.69 Å². The van der Waals surface area contributed by atoms with Gasteiger partial charge in [0.15, 0.2) is 6.61 Å². The summed E-state index contributed by atoms with van der Waals surface area (Å²) in [4.78, 5) is 28.3. The molecule has 7 nitrogen and oxygen atoms in total. The minimum absolute atomic E-state index is 0.175. The van der Waals surface area contributed by atoms with Gasteiger partial charge >= 0.3 is 5.97 Å². The van der Waals surface area contributed by atoms with Crippen molar-refractivity contribution in [3.05, 3.63) is 77.9 Å². The molecule has 0 aliphatic carbocycles. The summed E-state index contributed by atoms with van der Waals surface area (Å²) in [6.45, 7) is 5.94. The molecule has 0 unspecified atom stereocenters. The van der Waals surface area contributed by atoms with Gasteiger partial charge in [-0.3, -0.25) is 4.79 Å². The van der Waals surface area contributed by atoms with Gasteiger partial charge in [-0.15, -0.1) is 0 Å². The van der Waals surface area contributed by atoms with E-state index in [0.717, 1.165) is 17.7 Å². The van der Waals surface area contributed by atoms with E-state index in [4.69, 9.17) is 4.74 Å². The molecule has 0 fully saturated rings. The molecule has 1 heterocycles. The topological polar surface area (TPSA) is 86.1 Å². The van der Waals surface area contributed by atoms with Crippen LogP contribution >= 0.6 is 0 Å². The molecule has 0 saturated heterocycles. The largest absolute Gasteiger partial charge is 0.452 e. The fourth-order valence-electron chi connectivity index (χ4n) is 3.09. The first kappa shape index (κ1) is 21.2. The zero-order valence-corrected chi connectivity index (χ0v) is 17.4. The molecular weight excluding hydrogens is 380 g/mol. The van der Waals surface area contributed by atoms with Crippen molar-refractivity contribution in [3.63, 3.8) is 0 Å². The summed E-state index contributed by atoms with van der Waals surface area (Å²) in [6, 6.07) is 14.7. The molecule has 0 saturated carbocycles. The molecule has 0 aliphatic heterocycles. The first-order chi connectivity index (χ1) is 14.4. The van der Waals surface area contributed by atoms with Gasteiger partial charge in [0.1, 0.15) is 12.7 Å². The molecule has 0 radical (unpaired) electrons. The molecule has 3 aromatic rings. The van der Waals surface area contributed by atoms with Gasteiger partial charge < -0.3 is 10.1 Å². The van der Waals surface area contributed by atoms with Crippen LogP contribution in [-0.4, -0.2) is 33.2 Å². The van der Waals surface area contributed by atoms with Crippen LogP contribution in [0.5, 0.6) is 0 Å². The number of hydrogen-bond acceptors (Lipinski definition) is 5. The second-order valence-electron chi connectivity index (χ2n) is 7.59. The molecule has 30 heavy (non-hydrogen) atoms. The molecule has 3 rings (SSSR count). The Kier molecular flexibility index (Phi) is 6.95. The summed E-state index contributed by atoms with van der Waals surface area (Å²) >= 11 is 0. The van der Waals surface area contributed by atoms with E-state index in [1.54, 1.807) is 35.3 Å². The SMILES string of the molecule is CC(C)Cc1ccc([C@H](C)NC(=O)COC(=O)c2ccc(-n3cncn3)cc2)cc1. The van der Waals surface area contributed by atoms with E-state index < -0.39 is 5.97 Å². The lowest BCUT2D eigenvalue weighted by molar-refractivity contribution is -0.124. The highest BCUT2D eigenvalue weighted by atomic mass is 16.5. The molecule has 1 amide bonds. The minimum atomic E-state index is -0.555. The maximum atomic E-state index is 12.2. The number of carbonyl (C=O) groups excluding carboxylic acids is 2. The zero-order valence-electron chi connectivity index (χ0n) is 17.4. The Balaban J connectivity index is 1.48. The van der Waals surface area contributed by atoms with Crippen LogP contribution in [0.2, 0.25) is 0 Å². The van der Waals surface area contributed by atoms with Crippen LogP contribution in [-0.2, 0) is 16.0 Å². The van der Waals surface area contributed by atoms with Crippen molar-refractivity contribution in [3.8, 4) is 5.69 Å². The van der Waals surface area contributed by atoms with Crippen molar-refractivity contribution in [1.82, 2.24) is 20.1 Å². The van der Waals surface area contributed by atoms with E-state index in [9.17, 15) is 9.59 Å². The number of esters is 1. The van der Waals surface area contributed by atoms with Crippen LogP contribution in [0.4, 0.5) is 0 Å². The van der Waals surface area contributed by atoms with Gasteiger partial charge in [0.05, 0.1) is 17.3 Å². The van der Waals surface area contributed by atoms with Crippen LogP contribution in [0.3, 0.4) is 0 Å². The van der Waals surface area contributed by atoms with Crippen molar-refractivity contribution in [2.45, 2.75) is 33.2 Å². The molecule has 1 aromatic heterocycles. The summed E-state index contributed by atoms with van der Waals surface area (Å²) in [6.07, 6.45) is 4.02. The Bertz CT molecular complexity index is 965. The van der Waals surface area contributed by atoms with Gasteiger partial charge in [-0.05, 0) is 54.7 Å². The predicted octanol–water partition coefficient (Wildman–Crippen LogP) is 3.50. The third-order valence-corrected chi connectivity index (χ3v) is 4.62. The Morgan fingerprint density at radius 2 is 1.73 bits per heavy atom. The number of rotatable bonds is 8. The minimum Gasteiger partial charge on any atom is -0.452 e. The molecule has 0 bridgehead atoms. The van der Waals surface area contributed by atoms with Gasteiger partial charge in [-0.1, -0.05) is 38.1 Å². The number of benzene rings is 2. The summed E-state index contributed by atoms with van der Waals surface area (Å²) in [5.74, 6) is -0.302. The van der Waals surface area contributed by atoms with E-state index in [0.29, 0.717) is 11.5 Å². The quantitative estimate of drug-likeness (QED) is 0.579. The van der Waals surface area contributed by atoms with E-state index in [-0.39, 0.29) is 18.6 Å². The second-order valence-corrected chi connectivity index (χ2v) is 7.59. The summed E-state index contributed by atoms with van der Waals surface area (Å²) < 4.78 is 6.72. The first-order valence-electron chi connectivity index (χ1n) is 9.92. The number of aromatic nitrogens is 3. The van der Waals surface area contributed by atoms with Crippen LogP contribution in [0.15, 0.2) is 61.2 Å². The lowest BCUT2D eigenvalue weighted by Gasteiger charge is -2.15. The van der Waals surface area contributed by atoms with Crippen molar-refractivity contribution < 1.29 is 14.3 Å². The lowest BCUT2D eigenvalue weighted by Crippen LogP contribution is -2.31. The van der Waals surface area contributed by atoms with Crippen molar-refractivity contribution in [1.29, 1.82) is 0 Å². The van der Waals surface area contributed by atoms with Crippen LogP contribution in [0, 0.1) is 5.92 Å².